The summed E-state index contributed by atoms with van der Waals surface area (Å²) < 4.78 is 0. The predicted molar refractivity (Wildman–Crippen MR) is 114 cm³/mol. The van der Waals surface area contributed by atoms with Crippen LogP contribution in [0.4, 0.5) is 0 Å². The summed E-state index contributed by atoms with van der Waals surface area (Å²) in [6, 6.07) is 0. The van der Waals surface area contributed by atoms with Crippen LogP contribution in [0.3, 0.4) is 0 Å². The van der Waals surface area contributed by atoms with Crippen molar-refractivity contribution in [3.05, 3.63) is 23.8 Å². The highest BCUT2D eigenvalue weighted by Gasteiger charge is 2.43. The summed E-state index contributed by atoms with van der Waals surface area (Å²) in [5.74, 6) is 1.71. The zero-order chi connectivity index (χ0) is 19.8. The standard InChI is InChI=1S/C24H41NO3/c26-14-6-13-25-12-5-1-2-7-18-15-20-17-24(28)21(22(20)16-18)10-11-23(27)19-8-3-4-9-19/h10-11,15,19-28H,1-9,12-14,16-17H2/t20-,21+,22-,23+,24+/m0/s1. The zero-order valence-electron chi connectivity index (χ0n) is 17.4. The molecule has 0 heterocycles. The van der Waals surface area contributed by atoms with Crippen LogP contribution in [0.2, 0.25) is 0 Å². The van der Waals surface area contributed by atoms with E-state index in [0.29, 0.717) is 17.8 Å². The van der Waals surface area contributed by atoms with Gasteiger partial charge in [-0.1, -0.05) is 43.1 Å². The molecular weight excluding hydrogens is 350 g/mol. The average Bonchev–Trinajstić information content (AvgIpc) is 3.39. The summed E-state index contributed by atoms with van der Waals surface area (Å²) in [5, 5.41) is 33.1. The van der Waals surface area contributed by atoms with Gasteiger partial charge in [0.1, 0.15) is 0 Å². The molecule has 0 amide bonds. The molecule has 0 unspecified atom stereocenters. The van der Waals surface area contributed by atoms with Crippen LogP contribution in [0.25, 0.3) is 0 Å². The second kappa shape index (κ2) is 11.5. The fourth-order valence-electron chi connectivity index (χ4n) is 5.60. The molecule has 2 fully saturated rings. The molecule has 0 bridgehead atoms. The normalized spacial score (nSPS) is 31.6. The summed E-state index contributed by atoms with van der Waals surface area (Å²) in [4.78, 5) is 0. The smallest absolute Gasteiger partial charge is 0.0749 e. The monoisotopic (exact) mass is 391 g/mol. The van der Waals surface area contributed by atoms with Crippen molar-refractivity contribution in [1.29, 1.82) is 0 Å². The molecular formula is C24H41NO3. The van der Waals surface area contributed by atoms with Crippen LogP contribution in [0.5, 0.6) is 0 Å². The maximum atomic E-state index is 10.5. The van der Waals surface area contributed by atoms with Crippen molar-refractivity contribution < 1.29 is 15.3 Å². The van der Waals surface area contributed by atoms with Gasteiger partial charge >= 0.3 is 0 Å². The van der Waals surface area contributed by atoms with Crippen molar-refractivity contribution in [1.82, 2.24) is 5.32 Å². The molecule has 3 aliphatic rings. The molecule has 0 aromatic carbocycles. The molecule has 0 aromatic rings. The first-order chi connectivity index (χ1) is 13.7. The van der Waals surface area contributed by atoms with Crippen molar-refractivity contribution >= 4 is 0 Å². The van der Waals surface area contributed by atoms with Gasteiger partial charge in [0.25, 0.3) is 0 Å². The van der Waals surface area contributed by atoms with Crippen LogP contribution >= 0.6 is 0 Å². The van der Waals surface area contributed by atoms with Gasteiger partial charge in [-0.3, -0.25) is 0 Å². The summed E-state index contributed by atoms with van der Waals surface area (Å²) >= 11 is 0. The van der Waals surface area contributed by atoms with E-state index in [1.165, 1.54) is 38.5 Å². The Hall–Kier alpha value is -0.680. The number of rotatable bonds is 12. The van der Waals surface area contributed by atoms with Crippen LogP contribution in [-0.2, 0) is 0 Å². The minimum atomic E-state index is -0.325. The fourth-order valence-corrected chi connectivity index (χ4v) is 5.60. The second-order valence-electron chi connectivity index (χ2n) is 9.29. The van der Waals surface area contributed by atoms with E-state index in [2.05, 4.69) is 17.5 Å². The number of allylic oxidation sites excluding steroid dienone is 2. The van der Waals surface area contributed by atoms with Crippen molar-refractivity contribution in [2.24, 2.45) is 23.7 Å². The molecule has 0 spiro atoms. The third-order valence-corrected chi connectivity index (χ3v) is 7.23. The molecule has 0 radical (unpaired) electrons. The van der Waals surface area contributed by atoms with Gasteiger partial charge in [0.2, 0.25) is 0 Å². The number of hydrogen-bond donors (Lipinski definition) is 4. The maximum absolute atomic E-state index is 10.5. The lowest BCUT2D eigenvalue weighted by molar-refractivity contribution is 0.135. The van der Waals surface area contributed by atoms with Crippen LogP contribution in [-0.4, -0.2) is 47.2 Å². The quantitative estimate of drug-likeness (QED) is 0.303. The topological polar surface area (TPSA) is 72.7 Å². The van der Waals surface area contributed by atoms with E-state index in [1.807, 2.05) is 6.08 Å². The lowest BCUT2D eigenvalue weighted by Crippen LogP contribution is -2.20. The van der Waals surface area contributed by atoms with E-state index in [0.717, 1.165) is 45.2 Å². The first kappa shape index (κ1) is 22.0. The fraction of sp³-hybridized carbons (Fsp3) is 0.833. The van der Waals surface area contributed by atoms with E-state index in [1.54, 1.807) is 5.57 Å². The average molecular weight is 392 g/mol. The van der Waals surface area contributed by atoms with E-state index >= 15 is 0 Å². The number of fused-ring (bicyclic) bond motifs is 1. The van der Waals surface area contributed by atoms with Gasteiger partial charge in [-0.25, -0.2) is 0 Å². The number of nitrogens with one attached hydrogen (secondary N) is 1. The summed E-state index contributed by atoms with van der Waals surface area (Å²) in [5.41, 5.74) is 1.59. The highest BCUT2D eigenvalue weighted by atomic mass is 16.3. The van der Waals surface area contributed by atoms with Gasteiger partial charge in [0.05, 0.1) is 12.2 Å². The van der Waals surface area contributed by atoms with Gasteiger partial charge in [0.15, 0.2) is 0 Å². The Kier molecular flexibility index (Phi) is 9.04. The third-order valence-electron chi connectivity index (χ3n) is 7.23. The van der Waals surface area contributed by atoms with Crippen LogP contribution < -0.4 is 5.32 Å². The zero-order valence-corrected chi connectivity index (χ0v) is 17.4. The molecule has 2 saturated carbocycles. The van der Waals surface area contributed by atoms with Gasteiger partial charge in [0, 0.05) is 12.5 Å². The van der Waals surface area contributed by atoms with Gasteiger partial charge in [-0.15, -0.1) is 0 Å². The van der Waals surface area contributed by atoms with E-state index in [-0.39, 0.29) is 24.7 Å². The Labute approximate surface area is 171 Å². The van der Waals surface area contributed by atoms with E-state index in [9.17, 15) is 10.2 Å². The minimum Gasteiger partial charge on any atom is -0.396 e. The predicted octanol–water partition coefficient (Wildman–Crippen LogP) is 3.57. The Balaban J connectivity index is 1.36. The molecule has 4 heteroatoms. The highest BCUT2D eigenvalue weighted by Crippen LogP contribution is 2.48. The number of aliphatic hydroxyl groups is 3. The van der Waals surface area contributed by atoms with Crippen LogP contribution in [0.15, 0.2) is 23.8 Å². The molecule has 4 nitrogen and oxygen atoms in total. The third kappa shape index (κ3) is 6.16. The number of unbranched alkanes of at least 4 members (excludes halogenated alkanes) is 2. The molecule has 3 aliphatic carbocycles. The molecule has 0 saturated heterocycles. The Morgan fingerprint density at radius 2 is 1.89 bits per heavy atom. The van der Waals surface area contributed by atoms with E-state index < -0.39 is 0 Å². The van der Waals surface area contributed by atoms with Crippen LogP contribution in [0.1, 0.15) is 70.6 Å². The molecule has 0 aromatic heterocycles. The van der Waals surface area contributed by atoms with Crippen molar-refractivity contribution in [3.63, 3.8) is 0 Å². The number of aliphatic hydroxyl groups excluding tert-OH is 3. The Morgan fingerprint density at radius 3 is 2.68 bits per heavy atom. The van der Waals surface area contributed by atoms with Crippen molar-refractivity contribution in [3.8, 4) is 0 Å². The van der Waals surface area contributed by atoms with Crippen molar-refractivity contribution in [2.75, 3.05) is 19.7 Å². The minimum absolute atomic E-state index is 0.213. The molecule has 3 rings (SSSR count). The van der Waals surface area contributed by atoms with Gasteiger partial charge in [-0.2, -0.15) is 0 Å². The van der Waals surface area contributed by atoms with Gasteiger partial charge in [-0.05, 0) is 82.2 Å². The summed E-state index contributed by atoms with van der Waals surface area (Å²) in [7, 11) is 0. The SMILES string of the molecule is OCCCNCCCCCC1=C[C@H]2C[C@@H](O)[C@H](C=C[C@@H](O)C3CCCC3)[C@H]2C1. The second-order valence-corrected chi connectivity index (χ2v) is 9.29. The largest absolute Gasteiger partial charge is 0.396 e. The van der Waals surface area contributed by atoms with E-state index in [4.69, 9.17) is 5.11 Å². The maximum Gasteiger partial charge on any atom is 0.0749 e. The first-order valence-corrected chi connectivity index (χ1v) is 11.7. The van der Waals surface area contributed by atoms with Gasteiger partial charge < -0.3 is 20.6 Å². The highest BCUT2D eigenvalue weighted by molar-refractivity contribution is 5.21. The Bertz CT molecular complexity index is 512. The number of hydrogen-bond acceptors (Lipinski definition) is 4. The lowest BCUT2D eigenvalue weighted by atomic mass is 9.88. The first-order valence-electron chi connectivity index (χ1n) is 11.7. The molecule has 5 atom stereocenters. The summed E-state index contributed by atoms with van der Waals surface area (Å²) in [6.45, 7) is 2.23. The molecule has 28 heavy (non-hydrogen) atoms. The molecule has 160 valence electrons. The van der Waals surface area contributed by atoms with Crippen molar-refractivity contribution in [2.45, 2.75) is 82.8 Å². The molecule has 4 N–H and O–H groups in total. The molecule has 0 aliphatic heterocycles. The Morgan fingerprint density at radius 1 is 1.11 bits per heavy atom. The lowest BCUT2D eigenvalue weighted by Gasteiger charge is -2.20. The summed E-state index contributed by atoms with van der Waals surface area (Å²) in [6.07, 6.45) is 18.6. The van der Waals surface area contributed by atoms with Crippen LogP contribution in [0, 0.1) is 23.7 Å².